The number of carbonyl (C=O) groups excluding carboxylic acids is 2. The van der Waals surface area contributed by atoms with Crippen LogP contribution >= 0.6 is 0 Å². The molecule has 33 heavy (non-hydrogen) atoms. The molecule has 0 bridgehead atoms. The average Bonchev–Trinajstić information content (AvgIpc) is 3.12. The van der Waals surface area contributed by atoms with Gasteiger partial charge in [0, 0.05) is 17.7 Å². The first-order chi connectivity index (χ1) is 16.0. The zero-order valence-electron chi connectivity index (χ0n) is 17.3. The normalized spacial score (nSPS) is 14.3. The molecule has 4 rings (SSSR count). The molecule has 1 heterocycles. The number of para-hydroxylation sites is 2. The van der Waals surface area contributed by atoms with E-state index in [4.69, 9.17) is 9.47 Å². The molecule has 0 unspecified atom stereocenters. The van der Waals surface area contributed by atoms with Crippen LogP contribution in [-0.2, 0) is 9.59 Å². The van der Waals surface area contributed by atoms with Crippen LogP contribution in [0.2, 0.25) is 0 Å². The summed E-state index contributed by atoms with van der Waals surface area (Å²) in [5.74, 6) is 0.00700. The number of hydrogen-bond donors (Lipinski definition) is 1. The van der Waals surface area contributed by atoms with Crippen LogP contribution in [0.25, 0.3) is 6.08 Å². The van der Waals surface area contributed by atoms with E-state index in [0.717, 1.165) is 0 Å². The minimum atomic E-state index is -0.500. The Labute approximate surface area is 189 Å². The van der Waals surface area contributed by atoms with Gasteiger partial charge in [-0.25, -0.2) is 5.01 Å². The van der Waals surface area contributed by atoms with E-state index in [-0.39, 0.29) is 24.5 Å². The molecule has 1 aliphatic heterocycles. The van der Waals surface area contributed by atoms with Crippen molar-refractivity contribution >= 4 is 29.3 Å². The summed E-state index contributed by atoms with van der Waals surface area (Å²) in [6.45, 7) is 0.386. The second-order valence-corrected chi connectivity index (χ2v) is 6.96. The number of non-ortho nitro benzene ring substituents is 1. The van der Waals surface area contributed by atoms with E-state index in [1.165, 1.54) is 35.4 Å². The highest BCUT2D eigenvalue weighted by atomic mass is 16.6. The number of hydrogen-bond acceptors (Lipinski definition) is 6. The molecule has 166 valence electrons. The third-order valence-electron chi connectivity index (χ3n) is 4.78. The lowest BCUT2D eigenvalue weighted by Crippen LogP contribution is -2.35. The molecular formula is C24H19N3O6. The van der Waals surface area contributed by atoms with Crippen molar-refractivity contribution in [2.24, 2.45) is 0 Å². The van der Waals surface area contributed by atoms with Gasteiger partial charge < -0.3 is 9.47 Å². The highest BCUT2D eigenvalue weighted by Gasteiger charge is 2.34. The zero-order chi connectivity index (χ0) is 23.2. The zero-order valence-corrected chi connectivity index (χ0v) is 17.3. The van der Waals surface area contributed by atoms with Gasteiger partial charge in [0.15, 0.2) is 0 Å². The monoisotopic (exact) mass is 445 g/mol. The van der Waals surface area contributed by atoms with E-state index in [9.17, 15) is 19.7 Å². The van der Waals surface area contributed by atoms with Crippen molar-refractivity contribution in [1.82, 2.24) is 5.43 Å². The number of carbonyl (C=O) groups is 2. The number of nitrogens with zero attached hydrogens (tertiary/aromatic N) is 2. The summed E-state index contributed by atoms with van der Waals surface area (Å²) in [4.78, 5) is 35.4. The van der Waals surface area contributed by atoms with Crippen LogP contribution in [0.15, 0.2) is 84.4 Å². The Hall–Kier alpha value is -4.66. The maximum atomic E-state index is 12.8. The highest BCUT2D eigenvalue weighted by molar-refractivity contribution is 6.31. The molecule has 1 fully saturated rings. The maximum absolute atomic E-state index is 12.8. The summed E-state index contributed by atoms with van der Waals surface area (Å²) in [5, 5.41) is 11.9. The van der Waals surface area contributed by atoms with Gasteiger partial charge in [-0.05, 0) is 36.4 Å². The number of anilines is 1. The summed E-state index contributed by atoms with van der Waals surface area (Å²) in [6.07, 6.45) is 1.49. The number of hydrazine groups is 1. The van der Waals surface area contributed by atoms with Crippen molar-refractivity contribution in [2.75, 3.05) is 18.2 Å². The molecule has 1 N–H and O–H groups in total. The largest absolute Gasteiger partial charge is 0.490 e. The average molecular weight is 445 g/mol. The van der Waals surface area contributed by atoms with E-state index in [1.807, 2.05) is 6.07 Å². The van der Waals surface area contributed by atoms with Crippen LogP contribution in [0, 0.1) is 10.1 Å². The number of amides is 2. The number of nitrogens with one attached hydrogen (secondary N) is 1. The van der Waals surface area contributed by atoms with Crippen molar-refractivity contribution in [3.05, 3.63) is 100 Å². The Morgan fingerprint density at radius 3 is 2.27 bits per heavy atom. The Balaban J connectivity index is 1.41. The summed E-state index contributed by atoms with van der Waals surface area (Å²) in [7, 11) is 0. The van der Waals surface area contributed by atoms with Crippen molar-refractivity contribution in [3.63, 3.8) is 0 Å². The van der Waals surface area contributed by atoms with Crippen molar-refractivity contribution < 1.29 is 24.0 Å². The predicted octanol–water partition coefficient (Wildman–Crippen LogP) is 3.51. The summed E-state index contributed by atoms with van der Waals surface area (Å²) < 4.78 is 11.3. The molecular weight excluding hydrogens is 426 g/mol. The molecule has 3 aromatic carbocycles. The van der Waals surface area contributed by atoms with E-state index in [2.05, 4.69) is 5.43 Å². The maximum Gasteiger partial charge on any atom is 0.282 e. The predicted molar refractivity (Wildman–Crippen MR) is 121 cm³/mol. The summed E-state index contributed by atoms with van der Waals surface area (Å²) in [5.41, 5.74) is 3.68. The number of benzene rings is 3. The molecule has 3 aromatic rings. The summed E-state index contributed by atoms with van der Waals surface area (Å²) >= 11 is 0. The fourth-order valence-electron chi connectivity index (χ4n) is 3.18. The van der Waals surface area contributed by atoms with Gasteiger partial charge >= 0.3 is 0 Å². The molecule has 0 aromatic heterocycles. The smallest absolute Gasteiger partial charge is 0.282 e. The van der Waals surface area contributed by atoms with Crippen LogP contribution in [0.4, 0.5) is 11.4 Å². The Morgan fingerprint density at radius 2 is 1.55 bits per heavy atom. The lowest BCUT2D eigenvalue weighted by molar-refractivity contribution is -0.384. The first-order valence-corrected chi connectivity index (χ1v) is 10.0. The summed E-state index contributed by atoms with van der Waals surface area (Å²) in [6, 6.07) is 21.6. The minimum absolute atomic E-state index is 0.00275. The van der Waals surface area contributed by atoms with Gasteiger partial charge in [-0.1, -0.05) is 36.4 Å². The van der Waals surface area contributed by atoms with Crippen LogP contribution in [0.5, 0.6) is 11.5 Å². The SMILES string of the molecule is O=C1NN(c2ccccc2)C(=O)C1=Cc1ccccc1OCCOc1ccc([N+](=O)[O-])cc1. The fraction of sp³-hybridized carbons (Fsp3) is 0.0833. The Kier molecular flexibility index (Phi) is 6.31. The first-order valence-electron chi connectivity index (χ1n) is 10.0. The second-order valence-electron chi connectivity index (χ2n) is 6.96. The molecule has 0 saturated carbocycles. The molecule has 2 amide bonds. The molecule has 9 nitrogen and oxygen atoms in total. The van der Waals surface area contributed by atoms with Gasteiger partial charge in [0.25, 0.3) is 17.5 Å². The molecule has 0 spiro atoms. The molecule has 9 heteroatoms. The van der Waals surface area contributed by atoms with E-state index >= 15 is 0 Å². The molecule has 0 aliphatic carbocycles. The lowest BCUT2D eigenvalue weighted by atomic mass is 10.1. The van der Waals surface area contributed by atoms with Crippen molar-refractivity contribution in [2.45, 2.75) is 0 Å². The van der Waals surface area contributed by atoms with Gasteiger partial charge in [0.05, 0.1) is 10.6 Å². The van der Waals surface area contributed by atoms with Crippen LogP contribution in [0.3, 0.4) is 0 Å². The number of rotatable bonds is 8. The van der Waals surface area contributed by atoms with Crippen LogP contribution < -0.4 is 19.9 Å². The third kappa shape index (κ3) is 4.99. The highest BCUT2D eigenvalue weighted by Crippen LogP contribution is 2.25. The Morgan fingerprint density at radius 1 is 0.879 bits per heavy atom. The van der Waals surface area contributed by atoms with Gasteiger partial charge in [-0.3, -0.25) is 25.1 Å². The molecule has 0 atom stereocenters. The quantitative estimate of drug-likeness (QED) is 0.187. The molecule has 1 aliphatic rings. The topological polar surface area (TPSA) is 111 Å². The molecule has 0 radical (unpaired) electrons. The lowest BCUT2D eigenvalue weighted by Gasteiger charge is -2.14. The van der Waals surface area contributed by atoms with E-state index in [0.29, 0.717) is 22.7 Å². The van der Waals surface area contributed by atoms with Crippen LogP contribution in [-0.4, -0.2) is 30.0 Å². The number of ether oxygens (including phenoxy) is 2. The standard InChI is InChI=1S/C24H19N3O6/c28-23-21(24(29)26(25-23)18-7-2-1-3-8-18)16-17-6-4-5-9-22(17)33-15-14-32-20-12-10-19(11-13-20)27(30)31/h1-13,16H,14-15H2,(H,25,28). The van der Waals surface area contributed by atoms with Gasteiger partial charge in [0.2, 0.25) is 0 Å². The Bertz CT molecular complexity index is 1210. The van der Waals surface area contributed by atoms with Crippen molar-refractivity contribution in [3.8, 4) is 11.5 Å². The first kappa shape index (κ1) is 21.6. The third-order valence-corrected chi connectivity index (χ3v) is 4.78. The van der Waals surface area contributed by atoms with Crippen molar-refractivity contribution in [1.29, 1.82) is 0 Å². The fourth-order valence-corrected chi connectivity index (χ4v) is 3.18. The van der Waals surface area contributed by atoms with E-state index < -0.39 is 16.7 Å². The van der Waals surface area contributed by atoms with Crippen LogP contribution in [0.1, 0.15) is 5.56 Å². The molecule has 1 saturated heterocycles. The van der Waals surface area contributed by atoms with Gasteiger partial charge in [0.1, 0.15) is 30.3 Å². The number of nitro benzene ring substituents is 1. The number of nitro groups is 1. The van der Waals surface area contributed by atoms with Gasteiger partial charge in [-0.15, -0.1) is 0 Å². The second kappa shape index (κ2) is 9.65. The van der Waals surface area contributed by atoms with Gasteiger partial charge in [-0.2, -0.15) is 0 Å². The minimum Gasteiger partial charge on any atom is -0.490 e. The van der Waals surface area contributed by atoms with E-state index in [1.54, 1.807) is 48.5 Å².